The number of carboxylic acid groups (broad SMARTS) is 1. The van der Waals surface area contributed by atoms with Crippen molar-refractivity contribution in [1.29, 1.82) is 0 Å². The van der Waals surface area contributed by atoms with E-state index in [-0.39, 0.29) is 18.0 Å². The van der Waals surface area contributed by atoms with Crippen LogP contribution in [0, 0.1) is 5.92 Å². The Bertz CT molecular complexity index is 1090. The highest BCUT2D eigenvalue weighted by molar-refractivity contribution is 6.42. The second-order valence-corrected chi connectivity index (χ2v) is 9.01. The fourth-order valence-corrected chi connectivity index (χ4v) is 3.99. The number of benzene rings is 2. The molecule has 10 heteroatoms. The molecule has 0 aromatic heterocycles. The molecular formula is C25H26Cl2N2O6. The van der Waals surface area contributed by atoms with Crippen LogP contribution in [-0.4, -0.2) is 41.8 Å². The number of carbonyl (C=O) groups excluding carboxylic acids is 3. The van der Waals surface area contributed by atoms with E-state index in [1.54, 1.807) is 30.3 Å². The third-order valence-corrected chi connectivity index (χ3v) is 6.29. The number of hydrogen-bond donors (Lipinski definition) is 2. The number of unbranched alkanes of at least 4 members (excludes halogenated alkanes) is 4. The molecule has 1 fully saturated rings. The van der Waals surface area contributed by atoms with Crippen molar-refractivity contribution >= 4 is 58.1 Å². The summed E-state index contributed by atoms with van der Waals surface area (Å²) in [5.41, 5.74) is 0.837. The van der Waals surface area contributed by atoms with E-state index in [1.807, 2.05) is 0 Å². The average Bonchev–Trinajstić information content (AvgIpc) is 3.12. The minimum atomic E-state index is -1.43. The number of nitrogens with zero attached hydrogens (tertiary/aromatic N) is 1. The molecular weight excluding hydrogens is 495 g/mol. The molecule has 0 aliphatic carbocycles. The van der Waals surface area contributed by atoms with E-state index in [4.69, 9.17) is 33.0 Å². The van der Waals surface area contributed by atoms with Crippen LogP contribution in [0.15, 0.2) is 42.5 Å². The normalized spacial score (nSPS) is 15.4. The predicted molar refractivity (Wildman–Crippen MR) is 133 cm³/mol. The Morgan fingerprint density at radius 1 is 0.971 bits per heavy atom. The highest BCUT2D eigenvalue weighted by Crippen LogP contribution is 2.30. The summed E-state index contributed by atoms with van der Waals surface area (Å²) >= 11 is 11.9. The van der Waals surface area contributed by atoms with Crippen molar-refractivity contribution in [1.82, 2.24) is 0 Å². The van der Waals surface area contributed by atoms with Crippen molar-refractivity contribution in [3.05, 3.63) is 52.5 Å². The van der Waals surface area contributed by atoms with Gasteiger partial charge in [0.25, 0.3) is 0 Å². The summed E-state index contributed by atoms with van der Waals surface area (Å²) in [5.74, 6) is -3.38. The van der Waals surface area contributed by atoms with Gasteiger partial charge in [-0.15, -0.1) is 0 Å². The molecule has 2 aromatic carbocycles. The quantitative estimate of drug-likeness (QED) is 0.301. The lowest BCUT2D eigenvalue weighted by molar-refractivity contribution is -0.137. The third kappa shape index (κ3) is 7.44. The molecule has 8 nitrogen and oxygen atoms in total. The summed E-state index contributed by atoms with van der Waals surface area (Å²) in [6.07, 6.45) is 4.55. The van der Waals surface area contributed by atoms with E-state index in [9.17, 15) is 19.2 Å². The van der Waals surface area contributed by atoms with Gasteiger partial charge in [-0.3, -0.25) is 19.2 Å². The lowest BCUT2D eigenvalue weighted by atomic mass is 10.1. The van der Waals surface area contributed by atoms with Crippen molar-refractivity contribution in [2.45, 2.75) is 38.5 Å². The Labute approximate surface area is 213 Å². The maximum Gasteiger partial charge on any atom is 0.303 e. The molecule has 2 aromatic rings. The van der Waals surface area contributed by atoms with Crippen LogP contribution in [-0.2, 0) is 19.2 Å². The van der Waals surface area contributed by atoms with E-state index < -0.39 is 29.5 Å². The van der Waals surface area contributed by atoms with Crippen molar-refractivity contribution < 1.29 is 29.0 Å². The Hall–Kier alpha value is -3.10. The van der Waals surface area contributed by atoms with Crippen molar-refractivity contribution in [2.24, 2.45) is 5.92 Å². The standard InChI is InChI=1S/C25H26Cl2N2O6/c26-19-12-9-17(14-20(19)27)29-15-21(30)23(25(29)34)24(33)28-16-7-10-18(11-8-16)35-13-5-3-1-2-4-6-22(31)32/h7-12,14,23H,1-6,13,15H2,(H,28,33)(H,31,32). The third-order valence-electron chi connectivity index (χ3n) is 5.55. The van der Waals surface area contributed by atoms with E-state index in [0.717, 1.165) is 25.7 Å². The monoisotopic (exact) mass is 520 g/mol. The first-order valence-corrected chi connectivity index (χ1v) is 12.1. The van der Waals surface area contributed by atoms with Gasteiger partial charge >= 0.3 is 5.97 Å². The van der Waals surface area contributed by atoms with Gasteiger partial charge in [0.2, 0.25) is 11.8 Å². The Morgan fingerprint density at radius 3 is 2.34 bits per heavy atom. The number of ketones is 1. The highest BCUT2D eigenvalue weighted by Gasteiger charge is 2.44. The van der Waals surface area contributed by atoms with Crippen LogP contribution in [0.25, 0.3) is 0 Å². The molecule has 0 saturated carbocycles. The van der Waals surface area contributed by atoms with E-state index >= 15 is 0 Å². The van der Waals surface area contributed by atoms with E-state index in [1.165, 1.54) is 17.0 Å². The molecule has 3 rings (SSSR count). The smallest absolute Gasteiger partial charge is 0.303 e. The second-order valence-electron chi connectivity index (χ2n) is 8.20. The van der Waals surface area contributed by atoms with Crippen LogP contribution in [0.5, 0.6) is 5.75 Å². The largest absolute Gasteiger partial charge is 0.494 e. The van der Waals surface area contributed by atoms with Gasteiger partial charge in [-0.25, -0.2) is 0 Å². The number of nitrogens with one attached hydrogen (secondary N) is 1. The van der Waals surface area contributed by atoms with Gasteiger partial charge in [0.1, 0.15) is 5.75 Å². The fourth-order valence-electron chi connectivity index (χ4n) is 3.70. The maximum atomic E-state index is 12.8. The Morgan fingerprint density at radius 2 is 1.66 bits per heavy atom. The zero-order valence-electron chi connectivity index (χ0n) is 19.0. The van der Waals surface area contributed by atoms with Crippen LogP contribution in [0.3, 0.4) is 0 Å². The number of carbonyl (C=O) groups is 4. The highest BCUT2D eigenvalue weighted by atomic mass is 35.5. The van der Waals surface area contributed by atoms with Gasteiger partial charge in [-0.2, -0.15) is 0 Å². The van der Waals surface area contributed by atoms with Gasteiger partial charge in [0, 0.05) is 17.8 Å². The van der Waals surface area contributed by atoms with Crippen LogP contribution < -0.4 is 15.0 Å². The molecule has 0 radical (unpaired) electrons. The molecule has 1 atom stereocenters. The minimum Gasteiger partial charge on any atom is -0.494 e. The van der Waals surface area contributed by atoms with Gasteiger partial charge in [0.05, 0.1) is 23.2 Å². The van der Waals surface area contributed by atoms with Gasteiger partial charge < -0.3 is 20.1 Å². The van der Waals surface area contributed by atoms with Crippen LogP contribution >= 0.6 is 23.2 Å². The minimum absolute atomic E-state index is 0.206. The predicted octanol–water partition coefficient (Wildman–Crippen LogP) is 4.97. The molecule has 1 saturated heterocycles. The summed E-state index contributed by atoms with van der Waals surface area (Å²) in [7, 11) is 0. The van der Waals surface area contributed by atoms with Gasteiger partial charge in [-0.05, 0) is 55.3 Å². The molecule has 0 spiro atoms. The zero-order chi connectivity index (χ0) is 25.4. The second kappa shape index (κ2) is 12.6. The SMILES string of the molecule is O=C(O)CCCCCCCOc1ccc(NC(=O)C2C(=O)CN(c3ccc(Cl)c(Cl)c3)C2=O)cc1. The first-order chi connectivity index (χ1) is 16.8. The number of ether oxygens (including phenoxy) is 1. The zero-order valence-corrected chi connectivity index (χ0v) is 20.5. The first kappa shape index (κ1) is 26.5. The molecule has 1 heterocycles. The molecule has 0 bridgehead atoms. The van der Waals surface area contributed by atoms with Crippen molar-refractivity contribution in [3.63, 3.8) is 0 Å². The number of carboxylic acids is 1. The van der Waals surface area contributed by atoms with Crippen molar-refractivity contribution in [3.8, 4) is 5.75 Å². The summed E-state index contributed by atoms with van der Waals surface area (Å²) in [6.45, 7) is 0.307. The number of hydrogen-bond acceptors (Lipinski definition) is 5. The molecule has 1 unspecified atom stereocenters. The number of halogens is 2. The summed E-state index contributed by atoms with van der Waals surface area (Å²) in [5, 5.41) is 11.8. The molecule has 1 aliphatic heterocycles. The fraction of sp³-hybridized carbons (Fsp3) is 0.360. The number of rotatable bonds is 12. The van der Waals surface area contributed by atoms with Gasteiger partial charge in [0.15, 0.2) is 11.7 Å². The summed E-state index contributed by atoms with van der Waals surface area (Å²) in [4.78, 5) is 49.6. The van der Waals surface area contributed by atoms with Gasteiger partial charge in [-0.1, -0.05) is 42.5 Å². The number of Topliss-reactive ketones (excluding diaryl/α,β-unsaturated/α-hetero) is 1. The first-order valence-electron chi connectivity index (χ1n) is 11.3. The number of aliphatic carboxylic acids is 1. The molecule has 2 amide bonds. The Kier molecular flexibility index (Phi) is 9.51. The molecule has 2 N–H and O–H groups in total. The molecule has 186 valence electrons. The lowest BCUT2D eigenvalue weighted by Gasteiger charge is -2.16. The lowest BCUT2D eigenvalue weighted by Crippen LogP contribution is -2.34. The van der Waals surface area contributed by atoms with Crippen LogP contribution in [0.4, 0.5) is 11.4 Å². The van der Waals surface area contributed by atoms with E-state index in [0.29, 0.717) is 35.2 Å². The molecule has 1 aliphatic rings. The molecule has 35 heavy (non-hydrogen) atoms. The Balaban J connectivity index is 1.45. The number of anilines is 2. The number of amides is 2. The average molecular weight is 521 g/mol. The van der Waals surface area contributed by atoms with Crippen LogP contribution in [0.2, 0.25) is 10.0 Å². The van der Waals surface area contributed by atoms with Crippen molar-refractivity contribution in [2.75, 3.05) is 23.4 Å². The van der Waals surface area contributed by atoms with E-state index in [2.05, 4.69) is 5.32 Å². The summed E-state index contributed by atoms with van der Waals surface area (Å²) < 4.78 is 5.68. The van der Waals surface area contributed by atoms with Crippen LogP contribution in [0.1, 0.15) is 38.5 Å². The topological polar surface area (TPSA) is 113 Å². The summed E-state index contributed by atoms with van der Waals surface area (Å²) in [6, 6.07) is 11.2. The maximum absolute atomic E-state index is 12.8.